The lowest BCUT2D eigenvalue weighted by molar-refractivity contribution is -0.160. The molecule has 0 saturated carbocycles. The van der Waals surface area contributed by atoms with Gasteiger partial charge < -0.3 is 35.1 Å². The number of aliphatic hydroxyl groups excluding tert-OH is 1. The summed E-state index contributed by atoms with van der Waals surface area (Å²) in [6, 6.07) is 9.71. The predicted molar refractivity (Wildman–Crippen MR) is 176 cm³/mol. The van der Waals surface area contributed by atoms with Crippen LogP contribution >= 0.6 is 11.6 Å². The molecule has 1 atom stereocenters. The molecule has 1 heterocycles. The van der Waals surface area contributed by atoms with Gasteiger partial charge in [-0.25, -0.2) is 4.79 Å². The topological polar surface area (TPSA) is 117 Å². The number of aryl methyl sites for hydroxylation is 1. The summed E-state index contributed by atoms with van der Waals surface area (Å²) in [5.74, 6) is -0.318. The molecule has 0 spiro atoms. The maximum absolute atomic E-state index is 12.8. The van der Waals surface area contributed by atoms with E-state index in [0.717, 1.165) is 50.4 Å². The Morgan fingerprint density at radius 3 is 2.28 bits per heavy atom. The number of aliphatic hydroxyl groups is 1. The van der Waals surface area contributed by atoms with E-state index >= 15 is 0 Å². The van der Waals surface area contributed by atoms with Crippen LogP contribution in [-0.4, -0.2) is 48.5 Å². The fourth-order valence-corrected chi connectivity index (χ4v) is 5.50. The Morgan fingerprint density at radius 2 is 1.72 bits per heavy atom. The van der Waals surface area contributed by atoms with Crippen molar-refractivity contribution in [2.75, 3.05) is 30.5 Å². The van der Waals surface area contributed by atoms with Crippen LogP contribution in [0.1, 0.15) is 68.5 Å². The van der Waals surface area contributed by atoms with Crippen LogP contribution in [0.15, 0.2) is 30.3 Å². The van der Waals surface area contributed by atoms with Gasteiger partial charge in [-0.2, -0.15) is 0 Å². The van der Waals surface area contributed by atoms with Gasteiger partial charge in [0.2, 0.25) is 0 Å². The maximum Gasteiger partial charge on any atom is 0.337 e. The molecule has 0 aromatic heterocycles. The SMILES string of the molecule is C=O.CC.Cc1cc(-c2c(C)c(-c3ccc4c(c3C)NCCO4)c(C(OC(C)(C)C)C(=O)O)c(C)c2NCO)ccc1Cl. The molecule has 0 aliphatic carbocycles. The highest BCUT2D eigenvalue weighted by Gasteiger charge is 2.34. The molecule has 8 nitrogen and oxygen atoms in total. The van der Waals surface area contributed by atoms with Gasteiger partial charge in [-0.15, -0.1) is 0 Å². The molecule has 0 saturated heterocycles. The Balaban J connectivity index is 0.00000155. The first-order chi connectivity index (χ1) is 20.4. The molecule has 0 radical (unpaired) electrons. The van der Waals surface area contributed by atoms with E-state index in [-0.39, 0.29) is 6.73 Å². The van der Waals surface area contributed by atoms with Gasteiger partial charge >= 0.3 is 5.97 Å². The number of carboxylic acids is 1. The minimum Gasteiger partial charge on any atom is -0.490 e. The Bertz CT molecular complexity index is 1450. The monoisotopic (exact) mass is 612 g/mol. The summed E-state index contributed by atoms with van der Waals surface area (Å²) in [6.07, 6.45) is -1.25. The van der Waals surface area contributed by atoms with Crippen LogP contribution in [0.25, 0.3) is 22.3 Å². The van der Waals surface area contributed by atoms with Crippen LogP contribution in [0.4, 0.5) is 11.4 Å². The third kappa shape index (κ3) is 7.68. The number of benzene rings is 3. The summed E-state index contributed by atoms with van der Waals surface area (Å²) in [6.45, 7) is 20.3. The van der Waals surface area contributed by atoms with Crippen molar-refractivity contribution < 1.29 is 29.3 Å². The molecule has 1 aliphatic rings. The first kappa shape index (κ1) is 35.6. The number of carboxylic acid groups (broad SMARTS) is 1. The molecule has 1 aliphatic heterocycles. The van der Waals surface area contributed by atoms with E-state index in [0.29, 0.717) is 35.0 Å². The first-order valence-corrected chi connectivity index (χ1v) is 14.7. The van der Waals surface area contributed by atoms with E-state index in [1.165, 1.54) is 0 Å². The molecule has 0 amide bonds. The molecular weight excluding hydrogens is 568 g/mol. The molecule has 43 heavy (non-hydrogen) atoms. The number of carbonyl (C=O) groups excluding carboxylic acids is 1. The number of carbonyl (C=O) groups is 2. The number of hydrogen-bond acceptors (Lipinski definition) is 7. The molecule has 3 aromatic rings. The van der Waals surface area contributed by atoms with E-state index in [4.69, 9.17) is 25.9 Å². The number of hydrogen-bond donors (Lipinski definition) is 4. The fraction of sp³-hybridized carbons (Fsp3) is 0.412. The molecule has 4 rings (SSSR count). The Labute approximate surface area is 260 Å². The zero-order valence-electron chi connectivity index (χ0n) is 26.7. The Hall–Kier alpha value is -3.59. The largest absolute Gasteiger partial charge is 0.490 e. The second-order valence-electron chi connectivity index (χ2n) is 10.9. The summed E-state index contributed by atoms with van der Waals surface area (Å²) in [5.41, 5.74) is 8.21. The standard InChI is InChI=1S/C31H37ClN2O5.C2H6.CH2O/c1-16-14-20(8-10-22(16)32)24-18(3)25(21-9-11-23-27(17(21)2)33-12-13-38-23)26(19(4)28(24)34-15-35)29(30(36)37)39-31(5,6)7;2*1-2/h8-11,14,29,33-35H,12-13,15H2,1-7H3,(H,36,37);1-2H3;1H2. The summed E-state index contributed by atoms with van der Waals surface area (Å²) >= 11 is 6.36. The van der Waals surface area contributed by atoms with Crippen molar-refractivity contribution in [3.8, 4) is 28.0 Å². The molecular formula is C34H45ClN2O6. The Morgan fingerprint density at radius 1 is 1.07 bits per heavy atom. The van der Waals surface area contributed by atoms with Crippen molar-refractivity contribution in [3.63, 3.8) is 0 Å². The van der Waals surface area contributed by atoms with Crippen LogP contribution in [0.2, 0.25) is 5.02 Å². The fourth-order valence-electron chi connectivity index (χ4n) is 5.38. The van der Waals surface area contributed by atoms with E-state index in [2.05, 4.69) is 10.6 Å². The third-order valence-electron chi connectivity index (χ3n) is 7.07. The number of aliphatic carboxylic acids is 1. The first-order valence-electron chi connectivity index (χ1n) is 14.3. The van der Waals surface area contributed by atoms with Gasteiger partial charge in [-0.3, -0.25) is 0 Å². The van der Waals surface area contributed by atoms with Gasteiger partial charge in [0.05, 0.1) is 11.3 Å². The average Bonchev–Trinajstić information content (AvgIpc) is 2.97. The highest BCUT2D eigenvalue weighted by Crippen LogP contribution is 2.49. The summed E-state index contributed by atoms with van der Waals surface area (Å²) in [4.78, 5) is 20.8. The zero-order valence-corrected chi connectivity index (χ0v) is 27.5. The third-order valence-corrected chi connectivity index (χ3v) is 7.49. The minimum absolute atomic E-state index is 0.324. The molecule has 9 heteroatoms. The average molecular weight is 613 g/mol. The lowest BCUT2D eigenvalue weighted by atomic mass is 9.81. The van der Waals surface area contributed by atoms with Gasteiger partial charge in [0.1, 0.15) is 25.9 Å². The van der Waals surface area contributed by atoms with Gasteiger partial charge in [0.15, 0.2) is 6.10 Å². The second-order valence-corrected chi connectivity index (χ2v) is 11.3. The quantitative estimate of drug-likeness (QED) is 0.199. The predicted octanol–water partition coefficient (Wildman–Crippen LogP) is 7.86. The number of rotatable bonds is 7. The van der Waals surface area contributed by atoms with Gasteiger partial charge in [-0.1, -0.05) is 37.6 Å². The highest BCUT2D eigenvalue weighted by atomic mass is 35.5. The van der Waals surface area contributed by atoms with Crippen molar-refractivity contribution in [2.45, 2.75) is 74.0 Å². The van der Waals surface area contributed by atoms with Crippen molar-refractivity contribution in [3.05, 3.63) is 63.2 Å². The summed E-state index contributed by atoms with van der Waals surface area (Å²) in [5, 5.41) is 27.7. The number of anilines is 2. The molecule has 3 aromatic carbocycles. The number of fused-ring (bicyclic) bond motifs is 1. The molecule has 234 valence electrons. The van der Waals surface area contributed by atoms with E-state index in [1.54, 1.807) is 0 Å². The molecule has 4 N–H and O–H groups in total. The lowest BCUT2D eigenvalue weighted by Crippen LogP contribution is -2.29. The van der Waals surface area contributed by atoms with Crippen molar-refractivity contribution in [2.24, 2.45) is 0 Å². The van der Waals surface area contributed by atoms with Crippen molar-refractivity contribution in [1.29, 1.82) is 0 Å². The molecule has 1 unspecified atom stereocenters. The minimum atomic E-state index is -1.25. The number of ether oxygens (including phenoxy) is 2. The van der Waals surface area contributed by atoms with Crippen LogP contribution < -0.4 is 15.4 Å². The highest BCUT2D eigenvalue weighted by molar-refractivity contribution is 6.31. The molecule has 0 fully saturated rings. The summed E-state index contributed by atoms with van der Waals surface area (Å²) < 4.78 is 12.1. The van der Waals surface area contributed by atoms with Crippen LogP contribution in [0.5, 0.6) is 5.75 Å². The van der Waals surface area contributed by atoms with Crippen molar-refractivity contribution >= 4 is 35.7 Å². The van der Waals surface area contributed by atoms with Crippen LogP contribution in [0.3, 0.4) is 0 Å². The second kappa shape index (κ2) is 15.2. The molecule has 0 bridgehead atoms. The van der Waals surface area contributed by atoms with Crippen LogP contribution in [0, 0.1) is 27.7 Å². The maximum atomic E-state index is 12.8. The zero-order chi connectivity index (χ0) is 32.6. The van der Waals surface area contributed by atoms with Crippen LogP contribution in [-0.2, 0) is 14.3 Å². The lowest BCUT2D eigenvalue weighted by Gasteiger charge is -2.32. The summed E-state index contributed by atoms with van der Waals surface area (Å²) in [7, 11) is 0. The van der Waals surface area contributed by atoms with E-state index in [1.807, 2.05) is 99.4 Å². The Kier molecular flexibility index (Phi) is 12.6. The van der Waals surface area contributed by atoms with Gasteiger partial charge in [0, 0.05) is 28.4 Å². The smallest absolute Gasteiger partial charge is 0.337 e. The van der Waals surface area contributed by atoms with Crippen molar-refractivity contribution in [1.82, 2.24) is 0 Å². The van der Waals surface area contributed by atoms with Gasteiger partial charge in [-0.05, 0) is 106 Å². The van der Waals surface area contributed by atoms with E-state index < -0.39 is 17.7 Å². The number of halogens is 1. The van der Waals surface area contributed by atoms with E-state index in [9.17, 15) is 15.0 Å². The number of nitrogens with one attached hydrogen (secondary N) is 2. The normalized spacial score (nSPS) is 12.7. The van der Waals surface area contributed by atoms with Gasteiger partial charge in [0.25, 0.3) is 0 Å².